The summed E-state index contributed by atoms with van der Waals surface area (Å²) in [6.07, 6.45) is 2.40. The number of rotatable bonds is 1. The summed E-state index contributed by atoms with van der Waals surface area (Å²) in [5.74, 6) is 0. The fourth-order valence-corrected chi connectivity index (χ4v) is 2.94. The van der Waals surface area contributed by atoms with Gasteiger partial charge in [-0.15, -0.1) is 0 Å². The predicted molar refractivity (Wildman–Crippen MR) is 74.9 cm³/mol. The first-order valence-corrected chi connectivity index (χ1v) is 7.04. The van der Waals surface area contributed by atoms with Gasteiger partial charge in [0.1, 0.15) is 11.4 Å². The Balaban J connectivity index is 2.30. The van der Waals surface area contributed by atoms with Gasteiger partial charge in [0.15, 0.2) is 0 Å². The van der Waals surface area contributed by atoms with Crippen molar-refractivity contribution in [3.63, 3.8) is 0 Å². The largest absolute Gasteiger partial charge is 0.428 e. The van der Waals surface area contributed by atoms with Crippen LogP contribution in [0.25, 0.3) is 11.3 Å². The van der Waals surface area contributed by atoms with Gasteiger partial charge >= 0.3 is 0 Å². The molecule has 0 amide bonds. The lowest BCUT2D eigenvalue weighted by Crippen LogP contribution is -2.29. The zero-order valence-electron chi connectivity index (χ0n) is 10.6. The Morgan fingerprint density at radius 1 is 1.26 bits per heavy atom. The number of benzene rings is 1. The maximum atomic E-state index is 12.5. The van der Waals surface area contributed by atoms with E-state index in [0.717, 1.165) is 39.4 Å². The number of hydrogen-bond donors (Lipinski definition) is 1. The Morgan fingerprint density at radius 2 is 1.95 bits per heavy atom. The van der Waals surface area contributed by atoms with E-state index >= 15 is 0 Å². The summed E-state index contributed by atoms with van der Waals surface area (Å²) in [4.78, 5) is 12.5. The quantitative estimate of drug-likeness (QED) is 0.648. The molecule has 19 heavy (non-hydrogen) atoms. The molecule has 1 N–H and O–H groups in total. The van der Waals surface area contributed by atoms with Crippen molar-refractivity contribution in [2.75, 3.05) is 0 Å². The van der Waals surface area contributed by atoms with Crippen LogP contribution in [0.4, 0.5) is 0 Å². The normalized spacial score (nSPS) is 13.6. The van der Waals surface area contributed by atoms with Crippen molar-refractivity contribution in [1.29, 1.82) is 0 Å². The van der Waals surface area contributed by atoms with Gasteiger partial charge in [0, 0.05) is 15.8 Å². The first kappa shape index (κ1) is 12.4. The third-order valence-electron chi connectivity index (χ3n) is 3.64. The van der Waals surface area contributed by atoms with Crippen LogP contribution in [0.5, 0.6) is 0 Å². The maximum Gasteiger partial charge on any atom is 0.292 e. The lowest BCUT2D eigenvalue weighted by Gasteiger charge is -2.07. The lowest BCUT2D eigenvalue weighted by atomic mass is 10.1. The summed E-state index contributed by atoms with van der Waals surface area (Å²) < 4.78 is 3.12. The Hall–Kier alpha value is -1.62. The van der Waals surface area contributed by atoms with Gasteiger partial charge < -0.3 is 5.21 Å². The van der Waals surface area contributed by atoms with E-state index in [4.69, 9.17) is 0 Å². The SMILES string of the molecule is Cc1c(-c2ccc(Br)cc2)[n+](=O)c2c(n1O)CCC2. The number of aromatic nitrogens is 2. The molecular formula is C14H14BrN2O2+. The van der Waals surface area contributed by atoms with Gasteiger partial charge in [-0.25, -0.2) is 0 Å². The topological polar surface area (TPSA) is 48.1 Å². The van der Waals surface area contributed by atoms with Crippen LogP contribution >= 0.6 is 15.9 Å². The number of hydrogen-bond acceptors (Lipinski definition) is 2. The van der Waals surface area contributed by atoms with Gasteiger partial charge in [-0.05, 0) is 44.0 Å². The van der Waals surface area contributed by atoms with Crippen molar-refractivity contribution in [2.45, 2.75) is 26.2 Å². The van der Waals surface area contributed by atoms with E-state index < -0.39 is 0 Å². The highest BCUT2D eigenvalue weighted by molar-refractivity contribution is 9.10. The summed E-state index contributed by atoms with van der Waals surface area (Å²) in [6.45, 7) is 1.77. The molecule has 1 aliphatic carbocycles. The van der Waals surface area contributed by atoms with Gasteiger partial charge in [-0.3, -0.25) is 0 Å². The standard InChI is InChI=1S/C14H14BrN2O2/c1-9-14(10-5-7-11(15)8-6-10)17(19)13-4-2-3-12(13)16(9)18/h5-8,18H,2-4H2,1H3/q+1. The smallest absolute Gasteiger partial charge is 0.292 e. The van der Waals surface area contributed by atoms with E-state index in [1.165, 1.54) is 4.73 Å². The van der Waals surface area contributed by atoms with Crippen LogP contribution in [-0.4, -0.2) is 9.94 Å². The van der Waals surface area contributed by atoms with Crippen molar-refractivity contribution in [2.24, 2.45) is 0 Å². The van der Waals surface area contributed by atoms with Crippen molar-refractivity contribution >= 4 is 15.9 Å². The van der Waals surface area contributed by atoms with Crippen molar-refractivity contribution in [1.82, 2.24) is 4.73 Å². The van der Waals surface area contributed by atoms with Gasteiger partial charge in [-0.1, -0.05) is 15.9 Å². The number of fused-ring (bicyclic) bond motifs is 1. The molecule has 0 radical (unpaired) electrons. The fraction of sp³-hybridized carbons (Fsp3) is 0.286. The molecule has 0 unspecified atom stereocenters. The van der Waals surface area contributed by atoms with E-state index in [9.17, 15) is 10.1 Å². The third-order valence-corrected chi connectivity index (χ3v) is 4.17. The van der Waals surface area contributed by atoms with Crippen LogP contribution in [0, 0.1) is 11.8 Å². The maximum absolute atomic E-state index is 12.5. The van der Waals surface area contributed by atoms with E-state index in [1.54, 1.807) is 6.92 Å². The summed E-state index contributed by atoms with van der Waals surface area (Å²) >= 11 is 3.38. The van der Waals surface area contributed by atoms with Crippen LogP contribution in [-0.2, 0) is 12.8 Å². The molecule has 0 fully saturated rings. The van der Waals surface area contributed by atoms with E-state index in [1.807, 2.05) is 24.3 Å². The second-order valence-corrected chi connectivity index (χ2v) is 5.71. The lowest BCUT2D eigenvalue weighted by molar-refractivity contribution is -0.494. The molecule has 2 aromatic rings. The minimum atomic E-state index is 0.524. The van der Waals surface area contributed by atoms with Crippen molar-refractivity contribution in [3.05, 3.63) is 50.7 Å². The van der Waals surface area contributed by atoms with Gasteiger partial charge in [-0.2, -0.15) is 4.73 Å². The second-order valence-electron chi connectivity index (χ2n) is 4.79. The van der Waals surface area contributed by atoms with Crippen LogP contribution in [0.1, 0.15) is 23.5 Å². The molecule has 1 aromatic carbocycles. The summed E-state index contributed by atoms with van der Waals surface area (Å²) in [7, 11) is 0. The molecule has 0 aliphatic heterocycles. The summed E-state index contributed by atoms with van der Waals surface area (Å²) in [5, 5.41) is 10.2. The molecule has 0 bridgehead atoms. The molecule has 5 heteroatoms. The fourth-order valence-electron chi connectivity index (χ4n) is 2.68. The molecule has 0 saturated carbocycles. The zero-order valence-corrected chi connectivity index (χ0v) is 12.1. The average molecular weight is 322 g/mol. The molecule has 98 valence electrons. The van der Waals surface area contributed by atoms with Crippen molar-refractivity contribution in [3.8, 4) is 11.3 Å². The Morgan fingerprint density at radius 3 is 2.63 bits per heavy atom. The monoisotopic (exact) mass is 321 g/mol. The van der Waals surface area contributed by atoms with Crippen LogP contribution in [0.15, 0.2) is 28.7 Å². The van der Waals surface area contributed by atoms with Crippen LogP contribution < -0.4 is 4.43 Å². The van der Waals surface area contributed by atoms with Crippen LogP contribution in [0.2, 0.25) is 0 Å². The first-order chi connectivity index (χ1) is 9.09. The molecule has 0 saturated heterocycles. The van der Waals surface area contributed by atoms with E-state index in [-0.39, 0.29) is 0 Å². The van der Waals surface area contributed by atoms with E-state index in [0.29, 0.717) is 17.1 Å². The molecule has 4 nitrogen and oxygen atoms in total. The minimum Gasteiger partial charge on any atom is -0.428 e. The number of halogens is 1. The van der Waals surface area contributed by atoms with Gasteiger partial charge in [0.05, 0.1) is 9.99 Å². The summed E-state index contributed by atoms with van der Waals surface area (Å²) in [5.41, 5.74) is 3.35. The highest BCUT2D eigenvalue weighted by atomic mass is 79.9. The highest BCUT2D eigenvalue weighted by Gasteiger charge is 2.31. The average Bonchev–Trinajstić information content (AvgIpc) is 2.88. The zero-order chi connectivity index (χ0) is 13.6. The van der Waals surface area contributed by atoms with Gasteiger partial charge in [0.2, 0.25) is 0 Å². The molecule has 3 rings (SSSR count). The Kier molecular flexibility index (Phi) is 2.93. The molecule has 1 aliphatic rings. The van der Waals surface area contributed by atoms with Gasteiger partial charge in [0.25, 0.3) is 11.4 Å². The predicted octanol–water partition coefficient (Wildman–Crippen LogP) is 2.87. The minimum absolute atomic E-state index is 0.524. The Labute approximate surface area is 119 Å². The molecule has 1 aromatic heterocycles. The molecule has 0 atom stereocenters. The second kappa shape index (κ2) is 4.49. The number of nitrogens with zero attached hydrogens (tertiary/aromatic N) is 2. The summed E-state index contributed by atoms with van der Waals surface area (Å²) in [6, 6.07) is 7.54. The molecular weight excluding hydrogens is 308 g/mol. The molecule has 1 heterocycles. The first-order valence-electron chi connectivity index (χ1n) is 6.24. The van der Waals surface area contributed by atoms with Crippen molar-refractivity contribution < 1.29 is 9.63 Å². The third kappa shape index (κ3) is 1.89. The van der Waals surface area contributed by atoms with Crippen LogP contribution in [0.3, 0.4) is 0 Å². The Bertz CT molecular complexity index is 705. The highest BCUT2D eigenvalue weighted by Crippen LogP contribution is 2.26. The molecule has 0 spiro atoms. The van der Waals surface area contributed by atoms with E-state index in [2.05, 4.69) is 15.9 Å².